The minimum atomic E-state index is -0.0180. The SMILES string of the molecule is CCc1cc(-c2nnc(C)n2-c2ccc(CN3CCN(CC4CCN(C=O)CC4)CC3)cc2)c(O)cc1O. The highest BCUT2D eigenvalue weighted by Crippen LogP contribution is 2.35. The Balaban J connectivity index is 1.20. The van der Waals surface area contributed by atoms with Gasteiger partial charge in [-0.3, -0.25) is 14.3 Å². The van der Waals surface area contributed by atoms with Crippen molar-refractivity contribution in [2.75, 3.05) is 45.8 Å². The minimum absolute atomic E-state index is 0.0180. The third kappa shape index (κ3) is 5.68. The molecule has 3 heterocycles. The van der Waals surface area contributed by atoms with Gasteiger partial charge in [0.05, 0.1) is 5.56 Å². The number of amides is 1. The quantitative estimate of drug-likeness (QED) is 0.442. The second-order valence-corrected chi connectivity index (χ2v) is 10.6. The number of aromatic nitrogens is 3. The topological polar surface area (TPSA) is 98.0 Å². The first-order chi connectivity index (χ1) is 18.4. The van der Waals surface area contributed by atoms with Crippen LogP contribution in [0.5, 0.6) is 11.5 Å². The zero-order valence-corrected chi connectivity index (χ0v) is 22.4. The van der Waals surface area contributed by atoms with Crippen LogP contribution >= 0.6 is 0 Å². The fourth-order valence-corrected chi connectivity index (χ4v) is 5.67. The van der Waals surface area contributed by atoms with Crippen molar-refractivity contribution >= 4 is 6.41 Å². The van der Waals surface area contributed by atoms with Crippen LogP contribution in [-0.2, 0) is 17.8 Å². The molecule has 1 aromatic heterocycles. The molecule has 0 spiro atoms. The standard InChI is InChI=1S/C29H38N6O3/c1-3-24-16-26(28(38)17-27(24)37)29-31-30-21(2)35(29)25-6-4-22(5-7-25)18-32-12-14-33(15-13-32)19-23-8-10-34(20-36)11-9-23/h4-7,16-17,20,23,37-38H,3,8-15,18-19H2,1-2H3. The lowest BCUT2D eigenvalue weighted by Crippen LogP contribution is -2.48. The molecule has 9 heteroatoms. The summed E-state index contributed by atoms with van der Waals surface area (Å²) in [6, 6.07) is 11.6. The van der Waals surface area contributed by atoms with E-state index in [9.17, 15) is 15.0 Å². The van der Waals surface area contributed by atoms with E-state index in [1.807, 2.05) is 23.3 Å². The summed E-state index contributed by atoms with van der Waals surface area (Å²) in [7, 11) is 0. The number of carbonyl (C=O) groups excluding carboxylic acids is 1. The summed E-state index contributed by atoms with van der Waals surface area (Å²) >= 11 is 0. The molecule has 0 aliphatic carbocycles. The number of nitrogens with zero attached hydrogens (tertiary/aromatic N) is 6. The van der Waals surface area contributed by atoms with Gasteiger partial charge < -0.3 is 20.0 Å². The molecule has 0 bridgehead atoms. The number of piperidine rings is 1. The molecule has 202 valence electrons. The van der Waals surface area contributed by atoms with Gasteiger partial charge >= 0.3 is 0 Å². The lowest BCUT2D eigenvalue weighted by molar-refractivity contribution is -0.119. The average Bonchev–Trinajstić information content (AvgIpc) is 3.31. The molecule has 2 aliphatic heterocycles. The van der Waals surface area contributed by atoms with E-state index in [0.29, 0.717) is 23.7 Å². The van der Waals surface area contributed by atoms with Gasteiger partial charge in [-0.15, -0.1) is 10.2 Å². The molecule has 9 nitrogen and oxygen atoms in total. The number of phenols is 2. The summed E-state index contributed by atoms with van der Waals surface area (Å²) in [6.45, 7) is 12.0. The maximum absolute atomic E-state index is 10.9. The first-order valence-electron chi connectivity index (χ1n) is 13.7. The van der Waals surface area contributed by atoms with Gasteiger partial charge in [-0.2, -0.15) is 0 Å². The Labute approximate surface area is 224 Å². The second kappa shape index (κ2) is 11.5. The van der Waals surface area contributed by atoms with Crippen molar-refractivity contribution in [3.05, 3.63) is 53.3 Å². The summed E-state index contributed by atoms with van der Waals surface area (Å²) in [5.74, 6) is 2.05. The molecule has 2 N–H and O–H groups in total. The van der Waals surface area contributed by atoms with Crippen LogP contribution in [0.25, 0.3) is 17.1 Å². The number of hydrogen-bond donors (Lipinski definition) is 2. The fraction of sp³-hybridized carbons (Fsp3) is 0.483. The number of rotatable bonds is 8. The van der Waals surface area contributed by atoms with Gasteiger partial charge in [-0.05, 0) is 61.4 Å². The van der Waals surface area contributed by atoms with Crippen molar-refractivity contribution in [3.63, 3.8) is 0 Å². The molecule has 1 amide bonds. The molecule has 2 aliphatic rings. The third-order valence-corrected chi connectivity index (χ3v) is 8.02. The summed E-state index contributed by atoms with van der Waals surface area (Å²) in [5.41, 5.74) is 3.50. The van der Waals surface area contributed by atoms with Gasteiger partial charge in [0.25, 0.3) is 0 Å². The number of piperazine rings is 1. The van der Waals surface area contributed by atoms with Crippen LogP contribution in [0, 0.1) is 12.8 Å². The van der Waals surface area contributed by atoms with E-state index < -0.39 is 0 Å². The number of benzene rings is 2. The van der Waals surface area contributed by atoms with Crippen molar-refractivity contribution in [1.82, 2.24) is 29.5 Å². The summed E-state index contributed by atoms with van der Waals surface area (Å²) < 4.78 is 1.94. The van der Waals surface area contributed by atoms with Crippen molar-refractivity contribution in [1.29, 1.82) is 0 Å². The van der Waals surface area contributed by atoms with Gasteiger partial charge in [-0.25, -0.2) is 0 Å². The molecule has 0 radical (unpaired) electrons. The van der Waals surface area contributed by atoms with Crippen molar-refractivity contribution in [2.24, 2.45) is 5.92 Å². The van der Waals surface area contributed by atoms with Crippen LogP contribution in [-0.4, -0.2) is 91.9 Å². The molecule has 2 fully saturated rings. The maximum Gasteiger partial charge on any atom is 0.209 e. The molecule has 0 unspecified atom stereocenters. The highest BCUT2D eigenvalue weighted by Gasteiger charge is 2.24. The summed E-state index contributed by atoms with van der Waals surface area (Å²) in [4.78, 5) is 17.9. The highest BCUT2D eigenvalue weighted by molar-refractivity contribution is 5.69. The molecular weight excluding hydrogens is 480 g/mol. The van der Waals surface area contributed by atoms with Gasteiger partial charge in [0.15, 0.2) is 5.82 Å². The number of aryl methyl sites for hydroxylation is 2. The Hall–Kier alpha value is -3.43. The van der Waals surface area contributed by atoms with Crippen molar-refractivity contribution in [3.8, 4) is 28.6 Å². The number of hydrogen-bond acceptors (Lipinski definition) is 7. The van der Waals surface area contributed by atoms with E-state index in [-0.39, 0.29) is 11.5 Å². The van der Waals surface area contributed by atoms with Crippen LogP contribution in [0.2, 0.25) is 0 Å². The lowest BCUT2D eigenvalue weighted by atomic mass is 9.96. The zero-order valence-electron chi connectivity index (χ0n) is 22.4. The molecule has 38 heavy (non-hydrogen) atoms. The first-order valence-corrected chi connectivity index (χ1v) is 13.7. The molecule has 2 saturated heterocycles. The number of carbonyl (C=O) groups is 1. The highest BCUT2D eigenvalue weighted by atomic mass is 16.3. The Morgan fingerprint density at radius 1 is 0.921 bits per heavy atom. The van der Waals surface area contributed by atoms with E-state index in [4.69, 9.17) is 0 Å². The van der Waals surface area contributed by atoms with Gasteiger partial charge in [0, 0.05) is 64.1 Å². The van der Waals surface area contributed by atoms with E-state index >= 15 is 0 Å². The minimum Gasteiger partial charge on any atom is -0.508 e. The van der Waals surface area contributed by atoms with Crippen LogP contribution in [0.3, 0.4) is 0 Å². The number of phenolic OH excluding ortho intramolecular Hbond substituents is 2. The molecule has 0 saturated carbocycles. The Morgan fingerprint density at radius 3 is 2.26 bits per heavy atom. The molecule has 2 aromatic carbocycles. The Bertz CT molecular complexity index is 1240. The molecular formula is C29H38N6O3. The largest absolute Gasteiger partial charge is 0.508 e. The molecule has 3 aromatic rings. The predicted octanol–water partition coefficient (Wildman–Crippen LogP) is 3.20. The molecule has 5 rings (SSSR count). The van der Waals surface area contributed by atoms with Crippen LogP contribution in [0.15, 0.2) is 36.4 Å². The van der Waals surface area contributed by atoms with E-state index in [1.54, 1.807) is 6.07 Å². The van der Waals surface area contributed by atoms with Gasteiger partial charge in [0.2, 0.25) is 6.41 Å². The number of aromatic hydroxyl groups is 2. The third-order valence-electron chi connectivity index (χ3n) is 8.02. The average molecular weight is 519 g/mol. The van der Waals surface area contributed by atoms with Crippen molar-refractivity contribution in [2.45, 2.75) is 39.7 Å². The van der Waals surface area contributed by atoms with Crippen LogP contribution in [0.4, 0.5) is 0 Å². The lowest BCUT2D eigenvalue weighted by Gasteiger charge is -2.38. The number of likely N-dealkylation sites (tertiary alicyclic amines) is 1. The maximum atomic E-state index is 10.9. The molecule has 0 atom stereocenters. The van der Waals surface area contributed by atoms with E-state index in [0.717, 1.165) is 88.7 Å². The Kier molecular flexibility index (Phi) is 7.95. The summed E-state index contributed by atoms with van der Waals surface area (Å²) in [5, 5.41) is 29.3. The second-order valence-electron chi connectivity index (χ2n) is 10.6. The predicted molar refractivity (Wildman–Crippen MR) is 146 cm³/mol. The zero-order chi connectivity index (χ0) is 26.6. The smallest absolute Gasteiger partial charge is 0.209 e. The van der Waals surface area contributed by atoms with Crippen molar-refractivity contribution < 1.29 is 15.0 Å². The van der Waals surface area contributed by atoms with Gasteiger partial charge in [-0.1, -0.05) is 19.1 Å². The fourth-order valence-electron chi connectivity index (χ4n) is 5.67. The Morgan fingerprint density at radius 2 is 1.61 bits per heavy atom. The first kappa shape index (κ1) is 26.2. The van der Waals surface area contributed by atoms with E-state index in [1.165, 1.54) is 11.6 Å². The van der Waals surface area contributed by atoms with Crippen LogP contribution < -0.4 is 0 Å². The summed E-state index contributed by atoms with van der Waals surface area (Å²) in [6.07, 6.45) is 3.86. The van der Waals surface area contributed by atoms with Crippen LogP contribution in [0.1, 0.15) is 36.7 Å². The van der Waals surface area contributed by atoms with Gasteiger partial charge in [0.1, 0.15) is 17.3 Å². The normalized spacial score (nSPS) is 17.7. The van der Waals surface area contributed by atoms with E-state index in [2.05, 4.69) is 44.3 Å². The monoisotopic (exact) mass is 518 g/mol.